The van der Waals surface area contributed by atoms with Crippen molar-refractivity contribution < 1.29 is 0 Å². The fourth-order valence-corrected chi connectivity index (χ4v) is 2.31. The fourth-order valence-electron chi connectivity index (χ4n) is 1.29. The summed E-state index contributed by atoms with van der Waals surface area (Å²) in [4.78, 5) is 0. The Balaban J connectivity index is 2.16. The quantitative estimate of drug-likeness (QED) is 0.683. The lowest BCUT2D eigenvalue weighted by Crippen LogP contribution is -2.07. The third kappa shape index (κ3) is 1.57. The molecule has 1 saturated heterocycles. The summed E-state index contributed by atoms with van der Waals surface area (Å²) >= 11 is 1.98. The molecule has 1 N–H and O–H groups in total. The number of hydrogen-bond acceptors (Lipinski definition) is 2. The molecule has 1 aliphatic heterocycles. The van der Waals surface area contributed by atoms with Gasteiger partial charge in [-0.25, -0.2) is 0 Å². The number of hydrogen-bond donors (Lipinski definition) is 1. The second kappa shape index (κ2) is 3.28. The van der Waals surface area contributed by atoms with Gasteiger partial charge in [0.1, 0.15) is 0 Å². The first-order valence-electron chi connectivity index (χ1n) is 3.84. The van der Waals surface area contributed by atoms with E-state index in [-0.39, 0.29) is 0 Å². The summed E-state index contributed by atoms with van der Waals surface area (Å²) in [5.41, 5.74) is 1.45. The molecule has 0 spiro atoms. The minimum atomic E-state index is 0.677. The van der Waals surface area contributed by atoms with E-state index in [4.69, 9.17) is 0 Å². The summed E-state index contributed by atoms with van der Waals surface area (Å²) in [5, 5.41) is 4.01. The monoisotopic (exact) mass is 165 g/mol. The van der Waals surface area contributed by atoms with Crippen LogP contribution in [0, 0.1) is 0 Å². The second-order valence-electron chi connectivity index (χ2n) is 2.66. The Kier molecular flexibility index (Phi) is 2.15. The molecule has 0 aliphatic carbocycles. The minimum absolute atomic E-state index is 0.677. The summed E-state index contributed by atoms with van der Waals surface area (Å²) in [6.45, 7) is 1.12. The predicted molar refractivity (Wildman–Crippen MR) is 49.6 cm³/mol. The molecule has 2 rings (SSSR count). The van der Waals surface area contributed by atoms with Gasteiger partial charge in [-0.3, -0.25) is 0 Å². The molecule has 0 aromatic heterocycles. The van der Waals surface area contributed by atoms with E-state index in [1.807, 2.05) is 11.8 Å². The summed E-state index contributed by atoms with van der Waals surface area (Å²) in [7, 11) is 0. The normalized spacial score (nSPS) is 23.8. The van der Waals surface area contributed by atoms with Crippen molar-refractivity contribution in [2.75, 3.05) is 12.4 Å². The van der Waals surface area contributed by atoms with Crippen LogP contribution in [0.4, 0.5) is 0 Å². The van der Waals surface area contributed by atoms with Crippen molar-refractivity contribution in [1.82, 2.24) is 5.32 Å². The zero-order valence-corrected chi connectivity index (χ0v) is 7.10. The first-order chi connectivity index (χ1) is 5.47. The van der Waals surface area contributed by atoms with E-state index < -0.39 is 0 Å². The van der Waals surface area contributed by atoms with Crippen LogP contribution < -0.4 is 5.32 Å². The molecule has 1 aliphatic rings. The highest BCUT2D eigenvalue weighted by molar-refractivity contribution is 7.99. The third-order valence-corrected chi connectivity index (χ3v) is 3.10. The summed E-state index contributed by atoms with van der Waals surface area (Å²) < 4.78 is 0. The van der Waals surface area contributed by atoms with Crippen molar-refractivity contribution in [2.24, 2.45) is 0 Å². The molecule has 11 heavy (non-hydrogen) atoms. The molecule has 0 bridgehead atoms. The molecule has 1 heterocycles. The highest BCUT2D eigenvalue weighted by Crippen LogP contribution is 2.30. The molecular weight excluding hydrogens is 154 g/mol. The van der Waals surface area contributed by atoms with Crippen LogP contribution in [0.15, 0.2) is 30.3 Å². The average Bonchev–Trinajstić information content (AvgIpc) is 2.58. The number of benzene rings is 1. The molecule has 0 amide bonds. The maximum Gasteiger partial charge on any atom is 0.0435 e. The van der Waals surface area contributed by atoms with Crippen LogP contribution in [0.25, 0.3) is 0 Å². The van der Waals surface area contributed by atoms with Crippen LogP contribution in [0.2, 0.25) is 0 Å². The fraction of sp³-hybridized carbons (Fsp3) is 0.333. The van der Waals surface area contributed by atoms with Gasteiger partial charge in [0.25, 0.3) is 0 Å². The smallest absolute Gasteiger partial charge is 0.0435 e. The van der Waals surface area contributed by atoms with Gasteiger partial charge in [0.15, 0.2) is 0 Å². The van der Waals surface area contributed by atoms with Crippen LogP contribution in [-0.4, -0.2) is 12.4 Å². The molecule has 1 aromatic rings. The van der Waals surface area contributed by atoms with Gasteiger partial charge < -0.3 is 5.32 Å². The van der Waals surface area contributed by atoms with Gasteiger partial charge in [-0.1, -0.05) is 30.3 Å². The highest BCUT2D eigenvalue weighted by atomic mass is 32.2. The Hall–Kier alpha value is -0.470. The van der Waals surface area contributed by atoms with Crippen LogP contribution in [0.5, 0.6) is 0 Å². The maximum atomic E-state index is 3.33. The first-order valence-corrected chi connectivity index (χ1v) is 4.89. The van der Waals surface area contributed by atoms with Gasteiger partial charge in [0.05, 0.1) is 0 Å². The van der Waals surface area contributed by atoms with E-state index in [9.17, 15) is 0 Å². The topological polar surface area (TPSA) is 12.0 Å². The van der Waals surface area contributed by atoms with Crippen LogP contribution >= 0.6 is 11.8 Å². The summed E-state index contributed by atoms with van der Waals surface area (Å²) in [5.74, 6) is 1.10. The summed E-state index contributed by atoms with van der Waals surface area (Å²) in [6, 6.07) is 10.7. The van der Waals surface area contributed by atoms with Crippen molar-refractivity contribution >= 4 is 11.8 Å². The SMILES string of the molecule is c1ccc(C2CNCS2)cc1. The minimum Gasteiger partial charge on any atom is -0.306 e. The van der Waals surface area contributed by atoms with Crippen LogP contribution in [0.1, 0.15) is 10.8 Å². The molecule has 0 saturated carbocycles. The second-order valence-corrected chi connectivity index (χ2v) is 3.86. The van der Waals surface area contributed by atoms with E-state index >= 15 is 0 Å². The predicted octanol–water partition coefficient (Wildman–Crippen LogP) is 2.02. The average molecular weight is 165 g/mol. The summed E-state index contributed by atoms with van der Waals surface area (Å²) in [6.07, 6.45) is 0. The van der Waals surface area contributed by atoms with Gasteiger partial charge in [-0.05, 0) is 5.56 Å². The van der Waals surface area contributed by atoms with Gasteiger partial charge in [0, 0.05) is 17.7 Å². The van der Waals surface area contributed by atoms with Crippen molar-refractivity contribution in [2.45, 2.75) is 5.25 Å². The lowest BCUT2D eigenvalue weighted by molar-refractivity contribution is 0.807. The maximum absolute atomic E-state index is 3.33. The van der Waals surface area contributed by atoms with Crippen molar-refractivity contribution in [3.63, 3.8) is 0 Å². The molecule has 0 radical (unpaired) electrons. The van der Waals surface area contributed by atoms with Gasteiger partial charge in [-0.15, -0.1) is 11.8 Å². The van der Waals surface area contributed by atoms with E-state index in [1.165, 1.54) is 5.56 Å². The zero-order valence-electron chi connectivity index (χ0n) is 6.29. The number of thioether (sulfide) groups is 1. The highest BCUT2D eigenvalue weighted by Gasteiger charge is 2.15. The molecule has 58 valence electrons. The molecule has 1 atom stereocenters. The standard InChI is InChI=1S/C9H11NS/c1-2-4-8(5-3-1)9-6-10-7-11-9/h1-5,9-10H,6-7H2. The molecule has 1 aromatic carbocycles. The van der Waals surface area contributed by atoms with Gasteiger partial charge >= 0.3 is 0 Å². The van der Waals surface area contributed by atoms with Gasteiger partial charge in [0.2, 0.25) is 0 Å². The third-order valence-electron chi connectivity index (χ3n) is 1.89. The Morgan fingerprint density at radius 2 is 2.09 bits per heavy atom. The van der Waals surface area contributed by atoms with Crippen molar-refractivity contribution in [1.29, 1.82) is 0 Å². The van der Waals surface area contributed by atoms with E-state index in [1.54, 1.807) is 0 Å². The van der Waals surface area contributed by atoms with Crippen molar-refractivity contribution in [3.8, 4) is 0 Å². The lowest BCUT2D eigenvalue weighted by Gasteiger charge is -2.05. The molecule has 1 unspecified atom stereocenters. The zero-order chi connectivity index (χ0) is 7.52. The Morgan fingerprint density at radius 1 is 1.27 bits per heavy atom. The largest absolute Gasteiger partial charge is 0.306 e. The van der Waals surface area contributed by atoms with E-state index in [0.29, 0.717) is 5.25 Å². The van der Waals surface area contributed by atoms with E-state index in [0.717, 1.165) is 12.4 Å². The number of rotatable bonds is 1. The Bertz CT molecular complexity index is 216. The van der Waals surface area contributed by atoms with Crippen LogP contribution in [-0.2, 0) is 0 Å². The molecular formula is C9H11NS. The van der Waals surface area contributed by atoms with Crippen LogP contribution in [0.3, 0.4) is 0 Å². The molecule has 1 nitrogen and oxygen atoms in total. The molecule has 1 fully saturated rings. The number of nitrogens with one attached hydrogen (secondary N) is 1. The lowest BCUT2D eigenvalue weighted by atomic mass is 10.1. The van der Waals surface area contributed by atoms with E-state index in [2.05, 4.69) is 35.6 Å². The van der Waals surface area contributed by atoms with Crippen molar-refractivity contribution in [3.05, 3.63) is 35.9 Å². The van der Waals surface area contributed by atoms with Gasteiger partial charge in [-0.2, -0.15) is 0 Å². The Morgan fingerprint density at radius 3 is 2.73 bits per heavy atom. The molecule has 2 heteroatoms. The first kappa shape index (κ1) is 7.19. The Labute approximate surface area is 71.2 Å².